The largest absolute Gasteiger partial charge is 0.493 e. The maximum Gasteiger partial charge on any atom is 0.335 e. The minimum Gasteiger partial charge on any atom is -0.493 e. The van der Waals surface area contributed by atoms with Crippen LogP contribution in [-0.2, 0) is 19.1 Å². The minimum atomic E-state index is -0.668. The van der Waals surface area contributed by atoms with Gasteiger partial charge in [0.05, 0.1) is 30.6 Å². The molecule has 6 nitrogen and oxygen atoms in total. The lowest BCUT2D eigenvalue weighted by atomic mass is 9.77. The first-order valence-corrected chi connectivity index (χ1v) is 14.1. The van der Waals surface area contributed by atoms with E-state index in [-0.39, 0.29) is 49.1 Å². The lowest BCUT2D eigenvalue weighted by molar-refractivity contribution is -0.152. The lowest BCUT2D eigenvalue weighted by Gasteiger charge is -2.29. The van der Waals surface area contributed by atoms with Gasteiger partial charge in [-0.15, -0.1) is 0 Å². The van der Waals surface area contributed by atoms with E-state index < -0.39 is 12.6 Å². The van der Waals surface area contributed by atoms with Crippen molar-refractivity contribution >= 4 is 11.9 Å². The topological polar surface area (TPSA) is 82.1 Å². The summed E-state index contributed by atoms with van der Waals surface area (Å²) in [6, 6.07) is 8.29. The van der Waals surface area contributed by atoms with Gasteiger partial charge in [0.15, 0.2) is 0 Å². The number of ether oxygens (including phenoxy) is 3. The highest BCUT2D eigenvalue weighted by Gasteiger charge is 2.23. The van der Waals surface area contributed by atoms with Crippen LogP contribution >= 0.6 is 0 Å². The van der Waals surface area contributed by atoms with Crippen molar-refractivity contribution in [3.05, 3.63) is 42.0 Å². The first-order chi connectivity index (χ1) is 17.7. The van der Waals surface area contributed by atoms with E-state index in [0.29, 0.717) is 5.92 Å². The molecule has 1 aromatic carbocycles. The number of aliphatic hydroxyl groups excluding tert-OH is 1. The second kappa shape index (κ2) is 16.5. The molecule has 208 valence electrons. The number of hydrogen-bond acceptors (Lipinski definition) is 6. The third kappa shape index (κ3) is 10.9. The second-order valence-corrected chi connectivity index (χ2v) is 11.0. The van der Waals surface area contributed by atoms with Gasteiger partial charge in [-0.2, -0.15) is 0 Å². The van der Waals surface area contributed by atoms with E-state index in [0.717, 1.165) is 11.7 Å². The Labute approximate surface area is 223 Å². The molecule has 1 aliphatic carbocycles. The van der Waals surface area contributed by atoms with E-state index in [1.54, 1.807) is 0 Å². The Morgan fingerprint density at radius 2 is 1.62 bits per heavy atom. The third-order valence-corrected chi connectivity index (χ3v) is 7.66. The van der Waals surface area contributed by atoms with Crippen molar-refractivity contribution in [1.82, 2.24) is 0 Å². The molecule has 0 heterocycles. The summed E-state index contributed by atoms with van der Waals surface area (Å²) in [4.78, 5) is 24.2. The van der Waals surface area contributed by atoms with Gasteiger partial charge in [0.25, 0.3) is 0 Å². The van der Waals surface area contributed by atoms with Crippen LogP contribution < -0.4 is 4.74 Å². The number of esters is 2. The van der Waals surface area contributed by atoms with Crippen molar-refractivity contribution in [2.45, 2.75) is 85.0 Å². The standard InChI is InChI=1S/C31H48O6/c1-6-7-8-9-25-10-12-27(13-11-25)28-14-16-29(17-15-28)35-19-26(20-36-30(33)23(4)18-32)21-37-31(34)24(5)22(2)3/h14-17,22,24-27,32H,4,6-13,18-21H2,1-3,5H3. The Bertz CT molecular complexity index is 823. The predicted octanol–water partition coefficient (Wildman–Crippen LogP) is 6.46. The van der Waals surface area contributed by atoms with Gasteiger partial charge in [-0.1, -0.05) is 72.1 Å². The molecular weight excluding hydrogens is 468 g/mol. The molecule has 1 N–H and O–H groups in total. The van der Waals surface area contributed by atoms with Gasteiger partial charge in [0, 0.05) is 0 Å². The summed E-state index contributed by atoms with van der Waals surface area (Å²) in [5.74, 6) is 0.889. The van der Waals surface area contributed by atoms with Crippen LogP contribution in [0.4, 0.5) is 0 Å². The fraction of sp³-hybridized carbons (Fsp3) is 0.677. The van der Waals surface area contributed by atoms with Crippen molar-refractivity contribution in [3.8, 4) is 5.75 Å². The number of carbonyl (C=O) groups is 2. The fourth-order valence-corrected chi connectivity index (χ4v) is 4.63. The molecule has 0 aliphatic heterocycles. The van der Waals surface area contributed by atoms with Gasteiger partial charge in [-0.25, -0.2) is 4.79 Å². The highest BCUT2D eigenvalue weighted by atomic mass is 16.6. The van der Waals surface area contributed by atoms with Crippen LogP contribution in [0.3, 0.4) is 0 Å². The van der Waals surface area contributed by atoms with Gasteiger partial charge in [0.1, 0.15) is 19.0 Å². The molecule has 0 spiro atoms. The molecule has 0 amide bonds. The Kier molecular flexibility index (Phi) is 13.8. The summed E-state index contributed by atoms with van der Waals surface area (Å²) < 4.78 is 16.7. The average Bonchev–Trinajstić information content (AvgIpc) is 2.92. The highest BCUT2D eigenvalue weighted by Crippen LogP contribution is 2.38. The van der Waals surface area contributed by atoms with Crippen molar-refractivity contribution in [1.29, 1.82) is 0 Å². The van der Waals surface area contributed by atoms with Gasteiger partial charge in [0.2, 0.25) is 0 Å². The summed E-state index contributed by atoms with van der Waals surface area (Å²) in [5.41, 5.74) is 1.35. The SMILES string of the molecule is C=C(CO)C(=O)OCC(COC(=O)C(C)C(C)C)COc1ccc(C2CCC(CCCCC)CC2)cc1. The van der Waals surface area contributed by atoms with Crippen LogP contribution in [0.1, 0.15) is 90.5 Å². The average molecular weight is 517 g/mol. The zero-order chi connectivity index (χ0) is 27.2. The van der Waals surface area contributed by atoms with Crippen LogP contribution in [0.5, 0.6) is 5.75 Å². The summed E-state index contributed by atoms with van der Waals surface area (Å²) in [5, 5.41) is 9.09. The molecule has 1 fully saturated rings. The van der Waals surface area contributed by atoms with Crippen LogP contribution in [0, 0.1) is 23.7 Å². The van der Waals surface area contributed by atoms with Gasteiger partial charge in [-0.3, -0.25) is 4.79 Å². The summed E-state index contributed by atoms with van der Waals surface area (Å²) >= 11 is 0. The molecule has 1 saturated carbocycles. The number of carbonyl (C=O) groups excluding carboxylic acids is 2. The van der Waals surface area contributed by atoms with E-state index in [1.165, 1.54) is 56.9 Å². The van der Waals surface area contributed by atoms with E-state index in [1.807, 2.05) is 32.9 Å². The van der Waals surface area contributed by atoms with Crippen LogP contribution in [-0.4, -0.2) is 43.5 Å². The molecule has 1 aromatic rings. The van der Waals surface area contributed by atoms with E-state index >= 15 is 0 Å². The molecule has 2 unspecified atom stereocenters. The molecular formula is C31H48O6. The van der Waals surface area contributed by atoms with Crippen LogP contribution in [0.25, 0.3) is 0 Å². The molecule has 0 radical (unpaired) electrons. The molecule has 2 rings (SSSR count). The number of rotatable bonds is 16. The molecule has 1 aliphatic rings. The summed E-state index contributed by atoms with van der Waals surface area (Å²) in [7, 11) is 0. The lowest BCUT2D eigenvalue weighted by Crippen LogP contribution is -2.29. The quantitative estimate of drug-likeness (QED) is 0.154. The first-order valence-electron chi connectivity index (χ1n) is 14.1. The molecule has 6 heteroatoms. The Balaban J connectivity index is 1.88. The Morgan fingerprint density at radius 1 is 0.973 bits per heavy atom. The highest BCUT2D eigenvalue weighted by molar-refractivity contribution is 5.87. The van der Waals surface area contributed by atoms with Crippen LogP contribution in [0.2, 0.25) is 0 Å². The number of benzene rings is 1. The first kappa shape index (κ1) is 30.9. The van der Waals surface area contributed by atoms with Gasteiger partial charge >= 0.3 is 11.9 Å². The second-order valence-electron chi connectivity index (χ2n) is 11.0. The van der Waals surface area contributed by atoms with Crippen molar-refractivity contribution in [2.24, 2.45) is 23.7 Å². The van der Waals surface area contributed by atoms with Crippen molar-refractivity contribution in [2.75, 3.05) is 26.4 Å². The number of unbranched alkanes of at least 4 members (excludes halogenated alkanes) is 2. The maximum atomic E-state index is 12.3. The molecule has 0 saturated heterocycles. The van der Waals surface area contributed by atoms with Crippen LogP contribution in [0.15, 0.2) is 36.4 Å². The monoisotopic (exact) mass is 516 g/mol. The normalized spacial score (nSPS) is 19.2. The summed E-state index contributed by atoms with van der Waals surface area (Å²) in [6.45, 7) is 11.4. The number of hydrogen-bond donors (Lipinski definition) is 1. The minimum absolute atomic E-state index is 0.000767. The van der Waals surface area contributed by atoms with E-state index in [2.05, 4.69) is 25.6 Å². The maximum absolute atomic E-state index is 12.3. The third-order valence-electron chi connectivity index (χ3n) is 7.66. The van der Waals surface area contributed by atoms with Crippen molar-refractivity contribution in [3.63, 3.8) is 0 Å². The van der Waals surface area contributed by atoms with E-state index in [9.17, 15) is 9.59 Å². The van der Waals surface area contributed by atoms with E-state index in [4.69, 9.17) is 19.3 Å². The molecule has 0 bridgehead atoms. The fourth-order valence-electron chi connectivity index (χ4n) is 4.63. The zero-order valence-electron chi connectivity index (χ0n) is 23.4. The Hall–Kier alpha value is -2.34. The molecule has 0 aromatic heterocycles. The smallest absolute Gasteiger partial charge is 0.335 e. The van der Waals surface area contributed by atoms with Gasteiger partial charge < -0.3 is 19.3 Å². The van der Waals surface area contributed by atoms with Gasteiger partial charge in [-0.05, 0) is 61.1 Å². The Morgan fingerprint density at radius 3 is 2.22 bits per heavy atom. The molecule has 37 heavy (non-hydrogen) atoms. The number of aliphatic hydroxyl groups is 1. The zero-order valence-corrected chi connectivity index (χ0v) is 23.4. The summed E-state index contributed by atoms with van der Waals surface area (Å²) in [6.07, 6.45) is 10.5. The predicted molar refractivity (Wildman–Crippen MR) is 146 cm³/mol. The molecule has 2 atom stereocenters. The van der Waals surface area contributed by atoms with Crippen molar-refractivity contribution < 1.29 is 28.9 Å².